The zero-order valence-electron chi connectivity index (χ0n) is 14.1. The van der Waals surface area contributed by atoms with Gasteiger partial charge in [0, 0.05) is 36.6 Å². The lowest BCUT2D eigenvalue weighted by Crippen LogP contribution is -2.27. The molecular weight excluding hydrogens is 319 g/mol. The number of aryl methyl sites for hydroxylation is 1. The van der Waals surface area contributed by atoms with E-state index in [1.807, 2.05) is 25.1 Å². The Balaban J connectivity index is 1.48. The first kappa shape index (κ1) is 17.0. The molecule has 5 nitrogen and oxygen atoms in total. The van der Waals surface area contributed by atoms with Crippen LogP contribution in [0.2, 0.25) is 0 Å². The van der Waals surface area contributed by atoms with Crippen LogP contribution in [0.3, 0.4) is 0 Å². The molecule has 0 aliphatic heterocycles. The van der Waals surface area contributed by atoms with Gasteiger partial charge < -0.3 is 15.6 Å². The van der Waals surface area contributed by atoms with Gasteiger partial charge in [0.25, 0.3) is 0 Å². The highest BCUT2D eigenvalue weighted by molar-refractivity contribution is 5.90. The number of amides is 1. The van der Waals surface area contributed by atoms with E-state index in [0.29, 0.717) is 12.1 Å². The first-order valence-electron chi connectivity index (χ1n) is 8.31. The van der Waals surface area contributed by atoms with Crippen LogP contribution in [0, 0.1) is 12.7 Å². The number of benzene rings is 1. The number of rotatable bonds is 7. The van der Waals surface area contributed by atoms with Gasteiger partial charge in [-0.15, -0.1) is 0 Å². The first-order valence-corrected chi connectivity index (χ1v) is 8.31. The summed E-state index contributed by atoms with van der Waals surface area (Å²) < 4.78 is 13.8. The third-order valence-corrected chi connectivity index (χ3v) is 4.11. The van der Waals surface area contributed by atoms with Crippen LogP contribution in [0.25, 0.3) is 10.9 Å². The number of halogens is 1. The lowest BCUT2D eigenvalue weighted by molar-refractivity contribution is -0.120. The van der Waals surface area contributed by atoms with Gasteiger partial charge >= 0.3 is 0 Å². The fraction of sp³-hybridized carbons (Fsp3) is 0.263. The van der Waals surface area contributed by atoms with E-state index >= 15 is 0 Å². The summed E-state index contributed by atoms with van der Waals surface area (Å²) in [5.74, 6) is -0.358. The number of pyridine rings is 1. The quantitative estimate of drug-likeness (QED) is 0.579. The molecule has 6 heteroatoms. The average Bonchev–Trinajstić information content (AvgIpc) is 2.93. The lowest BCUT2D eigenvalue weighted by Gasteiger charge is -2.07. The maximum Gasteiger partial charge on any atom is 0.224 e. The highest BCUT2D eigenvalue weighted by Crippen LogP contribution is 2.24. The van der Waals surface area contributed by atoms with Crippen LogP contribution >= 0.6 is 0 Å². The number of hydrogen-bond acceptors (Lipinski definition) is 3. The normalized spacial score (nSPS) is 10.8. The van der Waals surface area contributed by atoms with Gasteiger partial charge in [-0.05, 0) is 37.1 Å². The third-order valence-electron chi connectivity index (χ3n) is 4.11. The number of aromatic amines is 1. The number of aromatic nitrogens is 2. The number of fused-ring (bicyclic) bond motifs is 1. The van der Waals surface area contributed by atoms with E-state index in [9.17, 15) is 9.18 Å². The van der Waals surface area contributed by atoms with Crippen molar-refractivity contribution in [1.29, 1.82) is 0 Å². The molecule has 1 aromatic carbocycles. The molecule has 1 amide bonds. The minimum Gasteiger partial charge on any atom is -0.384 e. The fourth-order valence-electron chi connectivity index (χ4n) is 2.83. The van der Waals surface area contributed by atoms with Gasteiger partial charge in [-0.1, -0.05) is 12.1 Å². The van der Waals surface area contributed by atoms with Gasteiger partial charge in [-0.25, -0.2) is 4.39 Å². The van der Waals surface area contributed by atoms with Gasteiger partial charge in [0.1, 0.15) is 5.82 Å². The minimum atomic E-state index is -0.297. The van der Waals surface area contributed by atoms with Crippen LogP contribution in [-0.2, 0) is 11.2 Å². The summed E-state index contributed by atoms with van der Waals surface area (Å²) >= 11 is 0. The molecule has 3 N–H and O–H groups in total. The molecule has 3 rings (SSSR count). The van der Waals surface area contributed by atoms with Crippen molar-refractivity contribution < 1.29 is 9.18 Å². The molecule has 0 aliphatic rings. The van der Waals surface area contributed by atoms with Crippen molar-refractivity contribution in [1.82, 2.24) is 15.3 Å². The van der Waals surface area contributed by atoms with E-state index < -0.39 is 0 Å². The Morgan fingerprint density at radius 1 is 1.24 bits per heavy atom. The Labute approximate surface area is 145 Å². The van der Waals surface area contributed by atoms with Crippen molar-refractivity contribution in [3.05, 3.63) is 59.8 Å². The van der Waals surface area contributed by atoms with Gasteiger partial charge in [0.15, 0.2) is 0 Å². The molecule has 130 valence electrons. The molecule has 0 fully saturated rings. The van der Waals surface area contributed by atoms with Crippen molar-refractivity contribution in [2.75, 3.05) is 18.4 Å². The van der Waals surface area contributed by atoms with E-state index in [1.165, 1.54) is 6.07 Å². The second-order valence-electron chi connectivity index (χ2n) is 5.94. The number of carbonyl (C=O) groups is 1. The molecule has 0 saturated carbocycles. The van der Waals surface area contributed by atoms with Crippen LogP contribution in [0.1, 0.15) is 17.7 Å². The summed E-state index contributed by atoms with van der Waals surface area (Å²) in [6.07, 6.45) is 4.54. The summed E-state index contributed by atoms with van der Waals surface area (Å²) in [6, 6.07) is 8.73. The van der Waals surface area contributed by atoms with Crippen LogP contribution in [0.4, 0.5) is 10.1 Å². The predicted octanol–water partition coefficient (Wildman–Crippen LogP) is 3.17. The Hall–Kier alpha value is -2.89. The third kappa shape index (κ3) is 4.15. The first-order chi connectivity index (χ1) is 12.1. The van der Waals surface area contributed by atoms with Gasteiger partial charge in [0.2, 0.25) is 5.91 Å². The number of para-hydroxylation sites is 1. The van der Waals surface area contributed by atoms with Gasteiger partial charge in [-0.2, -0.15) is 0 Å². The maximum atomic E-state index is 13.8. The number of carbonyl (C=O) groups excluding carboxylic acids is 1. The van der Waals surface area contributed by atoms with Crippen molar-refractivity contribution in [2.24, 2.45) is 0 Å². The second-order valence-corrected chi connectivity index (χ2v) is 5.94. The summed E-state index contributed by atoms with van der Waals surface area (Å²) in [5.41, 5.74) is 3.10. The van der Waals surface area contributed by atoms with E-state index in [0.717, 1.165) is 35.3 Å². The number of nitrogens with zero attached hydrogens (tertiary/aromatic N) is 1. The van der Waals surface area contributed by atoms with Gasteiger partial charge in [-0.3, -0.25) is 9.78 Å². The molecule has 2 aromatic heterocycles. The molecule has 2 heterocycles. The Bertz CT molecular complexity index is 860. The molecular formula is C19H21FN4O. The lowest BCUT2D eigenvalue weighted by atomic mass is 10.1. The fourth-order valence-corrected chi connectivity index (χ4v) is 2.83. The molecule has 0 aliphatic carbocycles. The zero-order valence-corrected chi connectivity index (χ0v) is 14.1. The Morgan fingerprint density at radius 3 is 2.92 bits per heavy atom. The van der Waals surface area contributed by atoms with Crippen LogP contribution in [0.15, 0.2) is 42.7 Å². The van der Waals surface area contributed by atoms with E-state index in [1.54, 1.807) is 18.5 Å². The smallest absolute Gasteiger partial charge is 0.224 e. The van der Waals surface area contributed by atoms with E-state index in [2.05, 4.69) is 20.6 Å². The Morgan fingerprint density at radius 2 is 2.12 bits per heavy atom. The van der Waals surface area contributed by atoms with Crippen molar-refractivity contribution in [3.63, 3.8) is 0 Å². The van der Waals surface area contributed by atoms with E-state index in [-0.39, 0.29) is 18.1 Å². The summed E-state index contributed by atoms with van der Waals surface area (Å²) in [6.45, 7) is 3.20. The Kier molecular flexibility index (Phi) is 5.28. The maximum absolute atomic E-state index is 13.8. The second kappa shape index (κ2) is 7.79. The van der Waals surface area contributed by atoms with E-state index in [4.69, 9.17) is 0 Å². The van der Waals surface area contributed by atoms with Gasteiger partial charge in [0.05, 0.1) is 17.6 Å². The summed E-state index contributed by atoms with van der Waals surface area (Å²) in [7, 11) is 0. The largest absolute Gasteiger partial charge is 0.384 e. The highest BCUT2D eigenvalue weighted by atomic mass is 19.1. The topological polar surface area (TPSA) is 69.8 Å². The highest BCUT2D eigenvalue weighted by Gasteiger charge is 2.14. The molecule has 3 aromatic rings. The van der Waals surface area contributed by atoms with Crippen molar-refractivity contribution >= 4 is 22.5 Å². The average molecular weight is 340 g/mol. The predicted molar refractivity (Wildman–Crippen MR) is 97.1 cm³/mol. The molecule has 25 heavy (non-hydrogen) atoms. The molecule has 0 atom stereocenters. The number of nitrogens with one attached hydrogen (secondary N) is 3. The molecule has 0 spiro atoms. The standard InChI is InChI=1S/C19H21FN4O/c1-13-16(15-6-2-7-17(20)19(15)24-13)11-18(25)23-10-4-9-22-14-5-3-8-21-12-14/h2-3,5-8,12,22,24H,4,9-11H2,1H3,(H,23,25). The molecule has 0 saturated heterocycles. The number of anilines is 1. The molecule has 0 radical (unpaired) electrons. The number of hydrogen-bond donors (Lipinski definition) is 3. The van der Waals surface area contributed by atoms with Crippen molar-refractivity contribution in [3.8, 4) is 0 Å². The van der Waals surface area contributed by atoms with Crippen molar-refractivity contribution in [2.45, 2.75) is 19.8 Å². The monoisotopic (exact) mass is 340 g/mol. The SMILES string of the molecule is Cc1[nH]c2c(F)cccc2c1CC(=O)NCCCNc1cccnc1. The number of H-pyrrole nitrogens is 1. The molecule has 0 unspecified atom stereocenters. The minimum absolute atomic E-state index is 0.0605. The van der Waals surface area contributed by atoms with Crippen LogP contribution in [-0.4, -0.2) is 29.0 Å². The summed E-state index contributed by atoms with van der Waals surface area (Å²) in [5, 5.41) is 6.92. The van der Waals surface area contributed by atoms with Crippen LogP contribution in [0.5, 0.6) is 0 Å². The van der Waals surface area contributed by atoms with Crippen LogP contribution < -0.4 is 10.6 Å². The summed E-state index contributed by atoms with van der Waals surface area (Å²) in [4.78, 5) is 19.2. The zero-order chi connectivity index (χ0) is 17.6. The molecule has 0 bridgehead atoms.